The van der Waals surface area contributed by atoms with E-state index in [0.29, 0.717) is 41.0 Å². The van der Waals surface area contributed by atoms with Gasteiger partial charge in [-0.2, -0.15) is 4.31 Å². The van der Waals surface area contributed by atoms with E-state index >= 15 is 0 Å². The summed E-state index contributed by atoms with van der Waals surface area (Å²) in [5.41, 5.74) is 0. The van der Waals surface area contributed by atoms with Crippen LogP contribution in [0.3, 0.4) is 0 Å². The van der Waals surface area contributed by atoms with E-state index in [0.717, 1.165) is 24.3 Å². The summed E-state index contributed by atoms with van der Waals surface area (Å²) in [5, 5.41) is 3.09. The van der Waals surface area contributed by atoms with E-state index in [4.69, 9.17) is 11.6 Å². The van der Waals surface area contributed by atoms with Gasteiger partial charge in [-0.05, 0) is 69.8 Å². The molecule has 170 valence electrons. The van der Waals surface area contributed by atoms with Gasteiger partial charge in [0.2, 0.25) is 5.91 Å². The van der Waals surface area contributed by atoms with E-state index in [1.54, 1.807) is 12.1 Å². The topological polar surface area (TPSA) is 69.7 Å². The third-order valence-corrected chi connectivity index (χ3v) is 10.0. The highest BCUT2D eigenvalue weighted by Gasteiger charge is 2.34. The van der Waals surface area contributed by atoms with Crippen molar-refractivity contribution in [3.63, 3.8) is 0 Å². The van der Waals surface area contributed by atoms with Crippen LogP contribution in [0, 0.1) is 11.8 Å². The summed E-state index contributed by atoms with van der Waals surface area (Å²) in [6.07, 6.45) is 7.66. The summed E-state index contributed by atoms with van der Waals surface area (Å²) in [5.74, 6) is 0.218. The number of halogens is 1. The van der Waals surface area contributed by atoms with Crippen LogP contribution in [0.25, 0.3) is 0 Å². The SMILES string of the molecule is CC(C(=O)NCCCN1CCCCCC1)C1CCN(S(=O)(=O)c2ccc(Cl)s2)CC1. The van der Waals surface area contributed by atoms with Gasteiger partial charge in [-0.3, -0.25) is 4.79 Å². The third kappa shape index (κ3) is 6.42. The zero-order valence-electron chi connectivity index (χ0n) is 17.8. The molecule has 9 heteroatoms. The molecule has 30 heavy (non-hydrogen) atoms. The van der Waals surface area contributed by atoms with E-state index in [-0.39, 0.29) is 17.7 Å². The normalized spacial score (nSPS) is 21.3. The molecule has 1 unspecified atom stereocenters. The summed E-state index contributed by atoms with van der Waals surface area (Å²) in [6.45, 7) is 7.01. The number of piperidine rings is 1. The summed E-state index contributed by atoms with van der Waals surface area (Å²) in [4.78, 5) is 15.1. The van der Waals surface area contributed by atoms with Crippen molar-refractivity contribution in [3.8, 4) is 0 Å². The molecule has 0 spiro atoms. The van der Waals surface area contributed by atoms with Crippen LogP contribution < -0.4 is 5.32 Å². The van der Waals surface area contributed by atoms with Gasteiger partial charge in [0.25, 0.3) is 10.0 Å². The Labute approximate surface area is 190 Å². The zero-order chi connectivity index (χ0) is 21.6. The molecule has 1 amide bonds. The van der Waals surface area contributed by atoms with Gasteiger partial charge in [0, 0.05) is 25.6 Å². The smallest absolute Gasteiger partial charge is 0.252 e. The van der Waals surface area contributed by atoms with E-state index in [2.05, 4.69) is 10.2 Å². The maximum Gasteiger partial charge on any atom is 0.252 e. The Kier molecular flexibility index (Phi) is 9.01. The molecule has 2 aliphatic rings. The molecule has 2 fully saturated rings. The fourth-order valence-corrected chi connectivity index (χ4v) is 7.54. The zero-order valence-corrected chi connectivity index (χ0v) is 20.2. The Hall–Kier alpha value is -0.670. The second kappa shape index (κ2) is 11.3. The van der Waals surface area contributed by atoms with Gasteiger partial charge >= 0.3 is 0 Å². The second-order valence-electron chi connectivity index (χ2n) is 8.49. The van der Waals surface area contributed by atoms with Gasteiger partial charge in [0.1, 0.15) is 4.21 Å². The number of hydrogen-bond acceptors (Lipinski definition) is 5. The largest absolute Gasteiger partial charge is 0.356 e. The molecule has 1 aromatic heterocycles. The van der Waals surface area contributed by atoms with E-state index in [9.17, 15) is 13.2 Å². The Morgan fingerprint density at radius 2 is 1.83 bits per heavy atom. The number of likely N-dealkylation sites (tertiary alicyclic amines) is 1. The van der Waals surface area contributed by atoms with Crippen molar-refractivity contribution in [2.75, 3.05) is 39.3 Å². The molecule has 6 nitrogen and oxygen atoms in total. The lowest BCUT2D eigenvalue weighted by molar-refractivity contribution is -0.126. The van der Waals surface area contributed by atoms with Gasteiger partial charge in [-0.1, -0.05) is 31.4 Å². The van der Waals surface area contributed by atoms with Crippen LogP contribution >= 0.6 is 22.9 Å². The molecule has 0 aromatic carbocycles. The number of thiophene rings is 1. The van der Waals surface area contributed by atoms with Crippen molar-refractivity contribution in [1.82, 2.24) is 14.5 Å². The number of hydrogen-bond donors (Lipinski definition) is 1. The molecule has 2 aliphatic heterocycles. The number of carbonyl (C=O) groups is 1. The first-order valence-corrected chi connectivity index (χ1v) is 13.8. The summed E-state index contributed by atoms with van der Waals surface area (Å²) in [7, 11) is -3.48. The number of rotatable bonds is 8. The highest BCUT2D eigenvalue weighted by Crippen LogP contribution is 2.32. The van der Waals surface area contributed by atoms with Crippen molar-refractivity contribution >= 4 is 38.9 Å². The average molecular weight is 476 g/mol. The van der Waals surface area contributed by atoms with Crippen molar-refractivity contribution in [2.45, 2.75) is 56.1 Å². The molecule has 1 N–H and O–H groups in total. The van der Waals surface area contributed by atoms with Crippen LogP contribution in [0.15, 0.2) is 16.3 Å². The fourth-order valence-electron chi connectivity index (χ4n) is 4.43. The van der Waals surface area contributed by atoms with Crippen LogP contribution in [0.2, 0.25) is 4.34 Å². The quantitative estimate of drug-likeness (QED) is 0.580. The Bertz CT molecular complexity index is 783. The van der Waals surface area contributed by atoms with Crippen LogP contribution in [0.1, 0.15) is 51.9 Å². The lowest BCUT2D eigenvalue weighted by atomic mass is 9.85. The predicted octanol–water partition coefficient (Wildman–Crippen LogP) is 3.82. The van der Waals surface area contributed by atoms with Gasteiger partial charge in [0.05, 0.1) is 4.34 Å². The molecule has 2 saturated heterocycles. The molecular formula is C21H34ClN3O3S2. The van der Waals surface area contributed by atoms with Crippen LogP contribution in [-0.4, -0.2) is 62.8 Å². The second-order valence-corrected chi connectivity index (χ2v) is 12.4. The highest BCUT2D eigenvalue weighted by molar-refractivity contribution is 7.91. The number of sulfonamides is 1. The molecule has 1 atom stereocenters. The average Bonchev–Trinajstić information content (AvgIpc) is 3.03. The van der Waals surface area contributed by atoms with Gasteiger partial charge in [-0.25, -0.2) is 8.42 Å². The maximum atomic E-state index is 12.7. The number of amides is 1. The lowest BCUT2D eigenvalue weighted by Crippen LogP contribution is -2.42. The Morgan fingerprint density at radius 3 is 2.43 bits per heavy atom. The van der Waals surface area contributed by atoms with E-state index in [1.165, 1.54) is 43.1 Å². The van der Waals surface area contributed by atoms with Crippen molar-refractivity contribution in [1.29, 1.82) is 0 Å². The van der Waals surface area contributed by atoms with E-state index < -0.39 is 10.0 Å². The van der Waals surface area contributed by atoms with Crippen molar-refractivity contribution < 1.29 is 13.2 Å². The third-order valence-electron chi connectivity index (χ3n) is 6.41. The van der Waals surface area contributed by atoms with Crippen LogP contribution in [0.4, 0.5) is 0 Å². The first kappa shape index (κ1) is 24.0. The predicted molar refractivity (Wildman–Crippen MR) is 123 cm³/mol. The molecule has 0 radical (unpaired) electrons. The minimum absolute atomic E-state index is 0.0933. The molecular weight excluding hydrogens is 442 g/mol. The summed E-state index contributed by atoms with van der Waals surface area (Å²) in [6, 6.07) is 3.18. The number of carbonyl (C=O) groups excluding carboxylic acids is 1. The first-order chi connectivity index (χ1) is 14.4. The van der Waals surface area contributed by atoms with Crippen LogP contribution in [0.5, 0.6) is 0 Å². The highest BCUT2D eigenvalue weighted by atomic mass is 35.5. The van der Waals surface area contributed by atoms with Gasteiger partial charge in [-0.15, -0.1) is 11.3 Å². The number of nitrogens with zero attached hydrogens (tertiary/aromatic N) is 2. The van der Waals surface area contributed by atoms with E-state index in [1.807, 2.05) is 6.92 Å². The maximum absolute atomic E-state index is 12.7. The summed E-state index contributed by atoms with van der Waals surface area (Å²) < 4.78 is 27.8. The van der Waals surface area contributed by atoms with Crippen molar-refractivity contribution in [3.05, 3.63) is 16.5 Å². The molecule has 0 aliphatic carbocycles. The lowest BCUT2D eigenvalue weighted by Gasteiger charge is -2.33. The van der Waals surface area contributed by atoms with Gasteiger partial charge < -0.3 is 10.2 Å². The molecule has 0 saturated carbocycles. The monoisotopic (exact) mass is 475 g/mol. The molecule has 0 bridgehead atoms. The Balaban J connectivity index is 1.39. The molecule has 3 rings (SSSR count). The summed E-state index contributed by atoms with van der Waals surface area (Å²) >= 11 is 6.99. The molecule has 1 aromatic rings. The van der Waals surface area contributed by atoms with Crippen LogP contribution in [-0.2, 0) is 14.8 Å². The minimum Gasteiger partial charge on any atom is -0.356 e. The standard InChI is InChI=1S/C21H34ClN3O3S2/c1-17(21(26)23-11-6-14-24-12-4-2-3-5-13-24)18-9-15-25(16-10-18)30(27,28)20-8-7-19(22)29-20/h7-8,17-18H,2-6,9-16H2,1H3,(H,23,26). The minimum atomic E-state index is -3.48. The number of nitrogens with one attached hydrogen (secondary N) is 1. The van der Waals surface area contributed by atoms with Crippen molar-refractivity contribution in [2.24, 2.45) is 11.8 Å². The molecule has 3 heterocycles. The fraction of sp³-hybridized carbons (Fsp3) is 0.762. The van der Waals surface area contributed by atoms with Gasteiger partial charge in [0.15, 0.2) is 0 Å². The first-order valence-electron chi connectivity index (χ1n) is 11.1. The Morgan fingerprint density at radius 1 is 1.17 bits per heavy atom.